The van der Waals surface area contributed by atoms with E-state index >= 15 is 0 Å². The lowest BCUT2D eigenvalue weighted by molar-refractivity contribution is -0.113. The Morgan fingerprint density at radius 1 is 0.840 bits per heavy atom. The Morgan fingerprint density at radius 2 is 1.48 bits per heavy atom. The summed E-state index contributed by atoms with van der Waals surface area (Å²) in [5.74, 6) is -0.305. The van der Waals surface area contributed by atoms with Crippen molar-refractivity contribution in [3.63, 3.8) is 0 Å². The van der Waals surface area contributed by atoms with E-state index in [0.29, 0.717) is 4.90 Å². The third-order valence-corrected chi connectivity index (χ3v) is 5.46. The van der Waals surface area contributed by atoms with Crippen LogP contribution in [0.25, 0.3) is 0 Å². The number of nitrogens with one attached hydrogen (secondary N) is 1. The lowest BCUT2D eigenvalue weighted by Gasteiger charge is -2.11. The maximum Gasteiger partial charge on any atom is 0.234 e. The molecule has 0 aromatic heterocycles. The summed E-state index contributed by atoms with van der Waals surface area (Å²) >= 11 is 2.78. The molecule has 0 saturated carbocycles. The van der Waals surface area contributed by atoms with Crippen LogP contribution in [0.2, 0.25) is 0 Å². The Labute approximate surface area is 154 Å². The molecule has 0 bridgehead atoms. The molecule has 0 atom stereocenters. The fourth-order valence-corrected chi connectivity index (χ4v) is 3.83. The molecule has 0 fully saturated rings. The van der Waals surface area contributed by atoms with Crippen molar-refractivity contribution in [2.45, 2.75) is 14.7 Å². The van der Waals surface area contributed by atoms with Gasteiger partial charge in [0.1, 0.15) is 5.82 Å². The molecule has 0 radical (unpaired) electrons. The molecule has 1 N–H and O–H groups in total. The summed E-state index contributed by atoms with van der Waals surface area (Å²) in [6.07, 6.45) is 0. The monoisotopic (exact) mass is 369 g/mol. The number of carbonyl (C=O) groups excluding carboxylic acids is 1. The van der Waals surface area contributed by atoms with Gasteiger partial charge in [0.2, 0.25) is 5.91 Å². The molecule has 0 aliphatic rings. The number of halogens is 1. The molecule has 3 aromatic rings. The molecular formula is C20H16FNOS2. The summed E-state index contributed by atoms with van der Waals surface area (Å²) in [6, 6.07) is 24.1. The number of para-hydroxylation sites is 1. The Balaban J connectivity index is 1.64. The van der Waals surface area contributed by atoms with Gasteiger partial charge in [-0.15, -0.1) is 11.8 Å². The fourth-order valence-electron chi connectivity index (χ4n) is 2.17. The Morgan fingerprint density at radius 3 is 2.24 bits per heavy atom. The second-order valence-electron chi connectivity index (χ2n) is 5.18. The van der Waals surface area contributed by atoms with Gasteiger partial charge in [-0.3, -0.25) is 4.79 Å². The molecule has 126 valence electrons. The predicted octanol–water partition coefficient (Wildman–Crippen LogP) is 5.71. The third-order valence-electron chi connectivity index (χ3n) is 3.33. The highest BCUT2D eigenvalue weighted by atomic mass is 32.2. The number of hydrogen-bond donors (Lipinski definition) is 1. The van der Waals surface area contributed by atoms with Gasteiger partial charge in [-0.05, 0) is 36.4 Å². The highest BCUT2D eigenvalue weighted by Gasteiger charge is 2.10. The number of hydrogen-bond acceptors (Lipinski definition) is 3. The maximum absolute atomic E-state index is 13.6. The van der Waals surface area contributed by atoms with Crippen LogP contribution in [0.15, 0.2) is 93.5 Å². The average molecular weight is 369 g/mol. The van der Waals surface area contributed by atoms with E-state index in [-0.39, 0.29) is 17.5 Å². The lowest BCUT2D eigenvalue weighted by Crippen LogP contribution is -2.14. The molecule has 0 aliphatic heterocycles. The van der Waals surface area contributed by atoms with E-state index in [1.807, 2.05) is 54.6 Å². The minimum absolute atomic E-state index is 0.158. The first-order valence-corrected chi connectivity index (χ1v) is 9.52. The summed E-state index contributed by atoms with van der Waals surface area (Å²) < 4.78 is 13.6. The van der Waals surface area contributed by atoms with Crippen LogP contribution in [0, 0.1) is 5.82 Å². The van der Waals surface area contributed by atoms with Gasteiger partial charge in [0.05, 0.1) is 11.4 Å². The van der Waals surface area contributed by atoms with Gasteiger partial charge in [-0.2, -0.15) is 0 Å². The van der Waals surface area contributed by atoms with E-state index in [1.54, 1.807) is 30.0 Å². The fraction of sp³-hybridized carbons (Fsp3) is 0.0500. The van der Waals surface area contributed by atoms with Gasteiger partial charge >= 0.3 is 0 Å². The van der Waals surface area contributed by atoms with Crippen LogP contribution in [-0.2, 0) is 4.79 Å². The topological polar surface area (TPSA) is 29.1 Å². The van der Waals surface area contributed by atoms with Crippen molar-refractivity contribution in [2.75, 3.05) is 11.1 Å². The number of anilines is 1. The maximum atomic E-state index is 13.6. The highest BCUT2D eigenvalue weighted by Crippen LogP contribution is 2.33. The van der Waals surface area contributed by atoms with Crippen molar-refractivity contribution in [3.05, 3.63) is 84.7 Å². The van der Waals surface area contributed by atoms with Crippen LogP contribution in [0.5, 0.6) is 0 Å². The van der Waals surface area contributed by atoms with Gasteiger partial charge in [0.15, 0.2) is 0 Å². The van der Waals surface area contributed by atoms with E-state index in [4.69, 9.17) is 0 Å². The molecule has 25 heavy (non-hydrogen) atoms. The summed E-state index contributed by atoms with van der Waals surface area (Å²) in [6.45, 7) is 0. The molecule has 0 saturated heterocycles. The Hall–Kier alpha value is -2.24. The van der Waals surface area contributed by atoms with Crippen LogP contribution >= 0.6 is 23.5 Å². The van der Waals surface area contributed by atoms with Gasteiger partial charge < -0.3 is 5.32 Å². The smallest absolute Gasteiger partial charge is 0.234 e. The minimum Gasteiger partial charge on any atom is -0.324 e. The summed E-state index contributed by atoms with van der Waals surface area (Å²) in [5, 5.41) is 2.92. The van der Waals surface area contributed by atoms with Crippen molar-refractivity contribution < 1.29 is 9.18 Å². The first-order valence-electron chi connectivity index (χ1n) is 7.71. The molecule has 1 amide bonds. The second-order valence-corrected chi connectivity index (χ2v) is 7.31. The number of benzene rings is 3. The molecule has 0 spiro atoms. The molecule has 3 rings (SSSR count). The zero-order valence-electron chi connectivity index (χ0n) is 13.3. The first kappa shape index (κ1) is 17.6. The zero-order valence-corrected chi connectivity index (χ0v) is 14.9. The zero-order chi connectivity index (χ0) is 17.5. The van der Waals surface area contributed by atoms with Crippen LogP contribution in [0.3, 0.4) is 0 Å². The third kappa shape index (κ3) is 5.11. The SMILES string of the molecule is O=C(CSc1ccccc1F)Nc1ccccc1Sc1ccccc1. The van der Waals surface area contributed by atoms with E-state index < -0.39 is 0 Å². The molecule has 0 heterocycles. The Kier molecular flexibility index (Phi) is 6.14. The quantitative estimate of drug-likeness (QED) is 0.565. The van der Waals surface area contributed by atoms with Gasteiger partial charge in [0.25, 0.3) is 0 Å². The molecule has 5 heteroatoms. The van der Waals surface area contributed by atoms with Crippen molar-refractivity contribution in [1.29, 1.82) is 0 Å². The number of thioether (sulfide) groups is 1. The normalized spacial score (nSPS) is 10.4. The van der Waals surface area contributed by atoms with Gasteiger partial charge in [0, 0.05) is 14.7 Å². The van der Waals surface area contributed by atoms with Crippen molar-refractivity contribution in [3.8, 4) is 0 Å². The number of carbonyl (C=O) groups is 1. The molecule has 3 aromatic carbocycles. The largest absolute Gasteiger partial charge is 0.324 e. The van der Waals surface area contributed by atoms with Gasteiger partial charge in [-0.25, -0.2) is 4.39 Å². The van der Waals surface area contributed by atoms with Crippen molar-refractivity contribution in [1.82, 2.24) is 0 Å². The van der Waals surface area contributed by atoms with Crippen LogP contribution in [0.4, 0.5) is 10.1 Å². The number of amides is 1. The van der Waals surface area contributed by atoms with Crippen molar-refractivity contribution in [2.24, 2.45) is 0 Å². The molecule has 0 unspecified atom stereocenters. The Bertz CT molecular complexity index is 855. The molecular weight excluding hydrogens is 353 g/mol. The van der Waals surface area contributed by atoms with E-state index in [9.17, 15) is 9.18 Å². The standard InChI is InChI=1S/C20H16FNOS2/c21-16-10-4-6-12-18(16)24-14-20(23)22-17-11-5-7-13-19(17)25-15-8-2-1-3-9-15/h1-13H,14H2,(H,22,23). The molecule has 0 aliphatic carbocycles. The number of rotatable bonds is 6. The lowest BCUT2D eigenvalue weighted by atomic mass is 10.3. The second kappa shape index (κ2) is 8.74. The van der Waals surface area contributed by atoms with E-state index in [1.165, 1.54) is 17.8 Å². The highest BCUT2D eigenvalue weighted by molar-refractivity contribution is 8.00. The molecule has 2 nitrogen and oxygen atoms in total. The predicted molar refractivity (Wildman–Crippen MR) is 103 cm³/mol. The van der Waals surface area contributed by atoms with Crippen molar-refractivity contribution >= 4 is 35.1 Å². The van der Waals surface area contributed by atoms with Crippen LogP contribution < -0.4 is 5.32 Å². The summed E-state index contributed by atoms with van der Waals surface area (Å²) in [7, 11) is 0. The summed E-state index contributed by atoms with van der Waals surface area (Å²) in [4.78, 5) is 14.8. The van der Waals surface area contributed by atoms with E-state index in [2.05, 4.69) is 5.32 Å². The van der Waals surface area contributed by atoms with Crippen LogP contribution in [0.1, 0.15) is 0 Å². The van der Waals surface area contributed by atoms with E-state index in [0.717, 1.165) is 15.5 Å². The first-order chi connectivity index (χ1) is 12.2. The minimum atomic E-state index is -0.305. The average Bonchev–Trinajstić information content (AvgIpc) is 2.64. The van der Waals surface area contributed by atoms with Crippen LogP contribution in [-0.4, -0.2) is 11.7 Å². The summed E-state index contributed by atoms with van der Waals surface area (Å²) in [5.41, 5.74) is 0.760. The van der Waals surface area contributed by atoms with Gasteiger partial charge in [-0.1, -0.05) is 54.2 Å².